The number of rotatable bonds is 5. The lowest BCUT2D eigenvalue weighted by atomic mass is 9.99. The van der Waals surface area contributed by atoms with E-state index in [-0.39, 0.29) is 6.04 Å². The third kappa shape index (κ3) is 2.95. The average Bonchev–Trinajstić information content (AvgIpc) is 2.77. The van der Waals surface area contributed by atoms with Gasteiger partial charge in [-0.2, -0.15) is 0 Å². The first-order chi connectivity index (χ1) is 8.72. The van der Waals surface area contributed by atoms with Gasteiger partial charge in [-0.1, -0.05) is 36.8 Å². The Kier molecular flexibility index (Phi) is 4.45. The molecule has 0 amide bonds. The topological polar surface area (TPSA) is 25.2 Å². The summed E-state index contributed by atoms with van der Waals surface area (Å²) in [5.41, 5.74) is 3.46. The van der Waals surface area contributed by atoms with Crippen molar-refractivity contribution < 1.29 is 4.42 Å². The maximum absolute atomic E-state index is 6.10. The van der Waals surface area contributed by atoms with Gasteiger partial charge < -0.3 is 9.73 Å². The minimum Gasteiger partial charge on any atom is -0.453 e. The van der Waals surface area contributed by atoms with Gasteiger partial charge in [0, 0.05) is 5.56 Å². The Balaban J connectivity index is 2.33. The van der Waals surface area contributed by atoms with Gasteiger partial charge in [0.05, 0.1) is 12.3 Å². The Bertz CT molecular complexity index is 507. The summed E-state index contributed by atoms with van der Waals surface area (Å²) in [6.07, 6.45) is 2.71. The molecular weight excluding hydrogens is 246 g/mol. The van der Waals surface area contributed by atoms with Crippen molar-refractivity contribution in [3.05, 3.63) is 58.5 Å². The number of hydrogen-bond donors (Lipinski definition) is 1. The van der Waals surface area contributed by atoms with E-state index in [4.69, 9.17) is 16.0 Å². The summed E-state index contributed by atoms with van der Waals surface area (Å²) in [4.78, 5) is 0. The SMILES string of the molecule is CCCNC(c1cccc(C)c1)c1ccoc1Cl. The highest BCUT2D eigenvalue weighted by Gasteiger charge is 2.18. The Hall–Kier alpha value is -1.25. The fraction of sp³-hybridized carbons (Fsp3) is 0.333. The fourth-order valence-electron chi connectivity index (χ4n) is 2.06. The number of halogens is 1. The van der Waals surface area contributed by atoms with Crippen LogP contribution in [0.15, 0.2) is 41.0 Å². The molecular formula is C15H18ClNO. The minimum absolute atomic E-state index is 0.0936. The summed E-state index contributed by atoms with van der Waals surface area (Å²) in [5.74, 6) is 0. The lowest BCUT2D eigenvalue weighted by Crippen LogP contribution is -2.23. The Morgan fingerprint density at radius 1 is 1.33 bits per heavy atom. The van der Waals surface area contributed by atoms with Gasteiger partial charge in [-0.25, -0.2) is 0 Å². The van der Waals surface area contributed by atoms with Crippen LogP contribution in [0.1, 0.15) is 36.1 Å². The predicted octanol–water partition coefficient (Wildman–Crippen LogP) is 4.33. The zero-order valence-corrected chi connectivity index (χ0v) is 11.5. The van der Waals surface area contributed by atoms with E-state index in [1.165, 1.54) is 11.1 Å². The number of hydrogen-bond acceptors (Lipinski definition) is 2. The number of furan rings is 1. The van der Waals surface area contributed by atoms with Crippen LogP contribution in [-0.2, 0) is 0 Å². The highest BCUT2D eigenvalue weighted by molar-refractivity contribution is 6.29. The van der Waals surface area contributed by atoms with Crippen molar-refractivity contribution in [1.82, 2.24) is 5.32 Å². The summed E-state index contributed by atoms with van der Waals surface area (Å²) < 4.78 is 5.20. The Morgan fingerprint density at radius 3 is 2.78 bits per heavy atom. The maximum atomic E-state index is 6.10. The van der Waals surface area contributed by atoms with Crippen molar-refractivity contribution in [2.24, 2.45) is 0 Å². The molecule has 18 heavy (non-hydrogen) atoms. The molecule has 0 bridgehead atoms. The molecule has 3 heteroatoms. The largest absolute Gasteiger partial charge is 0.453 e. The summed E-state index contributed by atoms with van der Waals surface area (Å²) in [6.45, 7) is 5.19. The van der Waals surface area contributed by atoms with Gasteiger partial charge in [0.25, 0.3) is 0 Å². The molecule has 2 rings (SSSR count). The molecule has 0 saturated heterocycles. The van der Waals surface area contributed by atoms with Gasteiger partial charge in [-0.05, 0) is 43.1 Å². The number of benzene rings is 1. The lowest BCUT2D eigenvalue weighted by Gasteiger charge is -2.18. The molecule has 2 nitrogen and oxygen atoms in total. The summed E-state index contributed by atoms with van der Waals surface area (Å²) >= 11 is 6.10. The van der Waals surface area contributed by atoms with Crippen LogP contribution >= 0.6 is 11.6 Å². The second-order valence-electron chi connectivity index (χ2n) is 4.45. The quantitative estimate of drug-likeness (QED) is 0.869. The van der Waals surface area contributed by atoms with Crippen molar-refractivity contribution in [2.75, 3.05) is 6.54 Å². The van der Waals surface area contributed by atoms with Crippen LogP contribution in [0.2, 0.25) is 5.22 Å². The average molecular weight is 264 g/mol. The lowest BCUT2D eigenvalue weighted by molar-refractivity contribution is 0.550. The van der Waals surface area contributed by atoms with Crippen LogP contribution < -0.4 is 5.32 Å². The normalized spacial score (nSPS) is 12.6. The highest BCUT2D eigenvalue weighted by Crippen LogP contribution is 2.29. The van der Waals surface area contributed by atoms with E-state index < -0.39 is 0 Å². The van der Waals surface area contributed by atoms with Crippen LogP contribution in [-0.4, -0.2) is 6.54 Å². The molecule has 96 valence electrons. The van der Waals surface area contributed by atoms with Crippen LogP contribution in [0.5, 0.6) is 0 Å². The van der Waals surface area contributed by atoms with Crippen LogP contribution in [0.4, 0.5) is 0 Å². The van der Waals surface area contributed by atoms with Crippen molar-refractivity contribution in [2.45, 2.75) is 26.3 Å². The van der Waals surface area contributed by atoms with Gasteiger partial charge in [0.15, 0.2) is 5.22 Å². The fourth-order valence-corrected chi connectivity index (χ4v) is 2.28. The van der Waals surface area contributed by atoms with E-state index >= 15 is 0 Å². The molecule has 1 aromatic heterocycles. The van der Waals surface area contributed by atoms with Gasteiger partial charge in [0.1, 0.15) is 0 Å². The third-order valence-corrected chi connectivity index (χ3v) is 3.24. The van der Waals surface area contributed by atoms with Crippen molar-refractivity contribution >= 4 is 11.6 Å². The summed E-state index contributed by atoms with van der Waals surface area (Å²) in [6, 6.07) is 10.5. The Labute approximate surface area is 113 Å². The predicted molar refractivity (Wildman–Crippen MR) is 75.0 cm³/mol. The standard InChI is InChI=1S/C15H18ClNO/c1-3-8-17-14(13-7-9-18-15(13)16)12-6-4-5-11(2)10-12/h4-7,9-10,14,17H,3,8H2,1-2H3. The first kappa shape index (κ1) is 13.2. The van der Waals surface area contributed by atoms with E-state index in [1.54, 1.807) is 6.26 Å². The van der Waals surface area contributed by atoms with E-state index in [0.717, 1.165) is 18.5 Å². The number of nitrogens with one attached hydrogen (secondary N) is 1. The van der Waals surface area contributed by atoms with Crippen molar-refractivity contribution in [3.63, 3.8) is 0 Å². The smallest absolute Gasteiger partial charge is 0.198 e. The van der Waals surface area contributed by atoms with Gasteiger partial charge in [-0.15, -0.1) is 0 Å². The first-order valence-electron chi connectivity index (χ1n) is 6.25. The molecule has 0 aliphatic heterocycles. The van der Waals surface area contributed by atoms with Gasteiger partial charge >= 0.3 is 0 Å². The van der Waals surface area contributed by atoms with E-state index in [0.29, 0.717) is 5.22 Å². The zero-order chi connectivity index (χ0) is 13.0. The van der Waals surface area contributed by atoms with Crippen molar-refractivity contribution in [1.29, 1.82) is 0 Å². The molecule has 0 aliphatic rings. The molecule has 1 unspecified atom stereocenters. The molecule has 0 fully saturated rings. The summed E-state index contributed by atoms with van der Waals surface area (Å²) in [7, 11) is 0. The Morgan fingerprint density at radius 2 is 2.17 bits per heavy atom. The molecule has 1 N–H and O–H groups in total. The van der Waals surface area contributed by atoms with Gasteiger partial charge in [0.2, 0.25) is 0 Å². The molecule has 0 saturated carbocycles. The molecule has 2 aromatic rings. The molecule has 1 aromatic carbocycles. The van der Waals surface area contributed by atoms with Crippen molar-refractivity contribution in [3.8, 4) is 0 Å². The highest BCUT2D eigenvalue weighted by atomic mass is 35.5. The van der Waals surface area contributed by atoms with Gasteiger partial charge in [-0.3, -0.25) is 0 Å². The van der Waals surface area contributed by atoms with E-state index in [2.05, 4.69) is 43.4 Å². The van der Waals surface area contributed by atoms with Crippen LogP contribution in [0, 0.1) is 6.92 Å². The van der Waals surface area contributed by atoms with Crippen LogP contribution in [0.25, 0.3) is 0 Å². The second-order valence-corrected chi connectivity index (χ2v) is 4.79. The second kappa shape index (κ2) is 6.07. The van der Waals surface area contributed by atoms with E-state index in [1.807, 2.05) is 6.07 Å². The molecule has 0 spiro atoms. The molecule has 0 radical (unpaired) electrons. The van der Waals surface area contributed by atoms with E-state index in [9.17, 15) is 0 Å². The molecule has 0 aliphatic carbocycles. The zero-order valence-electron chi connectivity index (χ0n) is 10.7. The molecule has 1 atom stereocenters. The number of aryl methyl sites for hydroxylation is 1. The van der Waals surface area contributed by atoms with Crippen LogP contribution in [0.3, 0.4) is 0 Å². The maximum Gasteiger partial charge on any atom is 0.198 e. The minimum atomic E-state index is 0.0936. The first-order valence-corrected chi connectivity index (χ1v) is 6.63. The molecule has 1 heterocycles. The summed E-state index contributed by atoms with van der Waals surface area (Å²) in [5, 5.41) is 3.97. The third-order valence-electron chi connectivity index (χ3n) is 2.93. The monoisotopic (exact) mass is 263 g/mol.